The highest BCUT2D eigenvalue weighted by molar-refractivity contribution is 5.99. The first kappa shape index (κ1) is 10.9. The molecule has 0 bridgehead atoms. The third kappa shape index (κ3) is 1.86. The van der Waals surface area contributed by atoms with Crippen molar-refractivity contribution < 1.29 is 9.32 Å². The van der Waals surface area contributed by atoms with Crippen LogP contribution in [0.15, 0.2) is 22.7 Å². The van der Waals surface area contributed by atoms with E-state index in [2.05, 4.69) is 15.5 Å². The fourth-order valence-electron chi connectivity index (χ4n) is 1.97. The molecule has 0 atom stereocenters. The number of carbonyl (C=O) groups is 1. The largest absolute Gasteiger partial charge is 0.339 e. The second kappa shape index (κ2) is 4.23. The average Bonchev–Trinajstić information content (AvgIpc) is 2.93. The predicted molar refractivity (Wildman–Crippen MR) is 64.8 cm³/mol. The van der Waals surface area contributed by atoms with E-state index >= 15 is 0 Å². The number of amides is 1. The molecule has 2 heterocycles. The molecule has 3 rings (SSSR count). The van der Waals surface area contributed by atoms with E-state index in [9.17, 15) is 4.79 Å². The van der Waals surface area contributed by atoms with E-state index in [1.165, 1.54) is 0 Å². The van der Waals surface area contributed by atoms with Crippen molar-refractivity contribution in [2.75, 3.05) is 11.9 Å². The van der Waals surface area contributed by atoms with Gasteiger partial charge in [-0.1, -0.05) is 5.16 Å². The van der Waals surface area contributed by atoms with Crippen molar-refractivity contribution in [1.82, 2.24) is 10.1 Å². The number of nitrogens with one attached hydrogen (secondary N) is 1. The number of fused-ring (bicyclic) bond motifs is 1. The second-order valence-corrected chi connectivity index (χ2v) is 4.15. The molecular weight excluding hydrogens is 232 g/mol. The minimum absolute atomic E-state index is 0.0130. The Bertz CT molecular complexity index is 606. The van der Waals surface area contributed by atoms with Gasteiger partial charge >= 0.3 is 0 Å². The number of hydrogen-bond donors (Lipinski definition) is 2. The Balaban J connectivity index is 1.92. The SMILES string of the molecule is NCCc1nc(-c2ccc3c(c2)CC(=O)N3)no1. The highest BCUT2D eigenvalue weighted by Crippen LogP contribution is 2.27. The summed E-state index contributed by atoms with van der Waals surface area (Å²) in [6.07, 6.45) is 0.967. The molecule has 1 amide bonds. The molecule has 0 spiro atoms. The van der Waals surface area contributed by atoms with Crippen molar-refractivity contribution in [3.05, 3.63) is 29.7 Å². The zero-order chi connectivity index (χ0) is 12.5. The first-order chi connectivity index (χ1) is 8.76. The summed E-state index contributed by atoms with van der Waals surface area (Å²) >= 11 is 0. The molecule has 18 heavy (non-hydrogen) atoms. The fourth-order valence-corrected chi connectivity index (χ4v) is 1.97. The van der Waals surface area contributed by atoms with Gasteiger partial charge in [0.25, 0.3) is 0 Å². The van der Waals surface area contributed by atoms with Crippen LogP contribution in [0, 0.1) is 0 Å². The third-order valence-electron chi connectivity index (χ3n) is 2.81. The zero-order valence-corrected chi connectivity index (χ0v) is 9.64. The van der Waals surface area contributed by atoms with Crippen LogP contribution in [0.1, 0.15) is 11.5 Å². The Labute approximate surface area is 103 Å². The number of aromatic nitrogens is 2. The zero-order valence-electron chi connectivity index (χ0n) is 9.64. The molecule has 1 aromatic heterocycles. The minimum atomic E-state index is 0.0130. The summed E-state index contributed by atoms with van der Waals surface area (Å²) in [5.41, 5.74) is 8.09. The number of benzene rings is 1. The normalized spacial score (nSPS) is 13.5. The van der Waals surface area contributed by atoms with Crippen LogP contribution >= 0.6 is 0 Å². The van der Waals surface area contributed by atoms with E-state index in [0.717, 1.165) is 16.8 Å². The number of anilines is 1. The number of nitrogens with two attached hydrogens (primary N) is 1. The Morgan fingerprint density at radius 3 is 3.17 bits per heavy atom. The van der Waals surface area contributed by atoms with Gasteiger partial charge in [0.2, 0.25) is 17.6 Å². The van der Waals surface area contributed by atoms with E-state index in [-0.39, 0.29) is 5.91 Å². The van der Waals surface area contributed by atoms with Gasteiger partial charge in [-0.15, -0.1) is 0 Å². The van der Waals surface area contributed by atoms with Crippen LogP contribution in [0.2, 0.25) is 0 Å². The van der Waals surface area contributed by atoms with Crippen LogP contribution in [-0.4, -0.2) is 22.6 Å². The lowest BCUT2D eigenvalue weighted by atomic mass is 10.1. The molecule has 0 saturated carbocycles. The molecule has 2 aromatic rings. The number of hydrogen-bond acceptors (Lipinski definition) is 5. The first-order valence-electron chi connectivity index (χ1n) is 5.72. The van der Waals surface area contributed by atoms with Gasteiger partial charge in [0.05, 0.1) is 6.42 Å². The predicted octanol–water partition coefficient (Wildman–Crippen LogP) is 0.732. The molecule has 1 aliphatic rings. The molecule has 0 aliphatic carbocycles. The maximum atomic E-state index is 11.3. The Morgan fingerprint density at radius 2 is 2.33 bits per heavy atom. The fraction of sp³-hybridized carbons (Fsp3) is 0.250. The van der Waals surface area contributed by atoms with Crippen LogP contribution in [0.4, 0.5) is 5.69 Å². The molecule has 0 radical (unpaired) electrons. The van der Waals surface area contributed by atoms with Crippen LogP contribution in [0.25, 0.3) is 11.4 Å². The molecule has 92 valence electrons. The average molecular weight is 244 g/mol. The number of nitrogens with zero attached hydrogens (tertiary/aromatic N) is 2. The van der Waals surface area contributed by atoms with E-state index in [4.69, 9.17) is 10.3 Å². The first-order valence-corrected chi connectivity index (χ1v) is 5.72. The van der Waals surface area contributed by atoms with Crippen LogP contribution < -0.4 is 11.1 Å². The standard InChI is InChI=1S/C12H12N4O2/c13-4-3-11-15-12(16-18-11)7-1-2-9-8(5-7)6-10(17)14-9/h1-2,5H,3-4,6,13H2,(H,14,17). The molecule has 1 aromatic carbocycles. The molecule has 1 aliphatic heterocycles. The summed E-state index contributed by atoms with van der Waals surface area (Å²) in [6.45, 7) is 0.476. The van der Waals surface area contributed by atoms with Crippen molar-refractivity contribution in [2.45, 2.75) is 12.8 Å². The van der Waals surface area contributed by atoms with Gasteiger partial charge in [0.15, 0.2) is 0 Å². The summed E-state index contributed by atoms with van der Waals surface area (Å²) in [4.78, 5) is 15.5. The second-order valence-electron chi connectivity index (χ2n) is 4.15. The monoisotopic (exact) mass is 244 g/mol. The maximum Gasteiger partial charge on any atom is 0.228 e. The van der Waals surface area contributed by atoms with Crippen molar-refractivity contribution >= 4 is 11.6 Å². The van der Waals surface area contributed by atoms with Crippen molar-refractivity contribution in [3.63, 3.8) is 0 Å². The maximum absolute atomic E-state index is 11.3. The molecule has 0 unspecified atom stereocenters. The summed E-state index contributed by atoms with van der Waals surface area (Å²) in [7, 11) is 0. The lowest BCUT2D eigenvalue weighted by molar-refractivity contribution is -0.115. The number of carbonyl (C=O) groups excluding carboxylic acids is 1. The molecule has 3 N–H and O–H groups in total. The number of rotatable bonds is 3. The minimum Gasteiger partial charge on any atom is -0.339 e. The molecule has 6 heteroatoms. The summed E-state index contributed by atoms with van der Waals surface area (Å²) < 4.78 is 5.08. The van der Waals surface area contributed by atoms with Crippen molar-refractivity contribution in [3.8, 4) is 11.4 Å². The molecular formula is C12H12N4O2. The topological polar surface area (TPSA) is 94.0 Å². The van der Waals surface area contributed by atoms with Gasteiger partial charge in [-0.2, -0.15) is 4.98 Å². The summed E-state index contributed by atoms with van der Waals surface area (Å²) in [5, 5.41) is 6.68. The van der Waals surface area contributed by atoms with E-state index in [1.807, 2.05) is 18.2 Å². The van der Waals surface area contributed by atoms with Gasteiger partial charge in [0, 0.05) is 24.2 Å². The Kier molecular flexibility index (Phi) is 2.56. The highest BCUT2D eigenvalue weighted by atomic mass is 16.5. The van der Waals surface area contributed by atoms with E-state index < -0.39 is 0 Å². The molecule has 0 fully saturated rings. The van der Waals surface area contributed by atoms with Gasteiger partial charge in [-0.05, 0) is 23.8 Å². The quantitative estimate of drug-likeness (QED) is 0.830. The molecule has 0 saturated heterocycles. The molecule has 6 nitrogen and oxygen atoms in total. The van der Waals surface area contributed by atoms with Crippen LogP contribution in [0.3, 0.4) is 0 Å². The van der Waals surface area contributed by atoms with E-state index in [1.54, 1.807) is 0 Å². The van der Waals surface area contributed by atoms with Gasteiger partial charge in [-0.25, -0.2) is 0 Å². The van der Waals surface area contributed by atoms with Gasteiger partial charge in [0.1, 0.15) is 0 Å². The van der Waals surface area contributed by atoms with Crippen LogP contribution in [-0.2, 0) is 17.6 Å². The van der Waals surface area contributed by atoms with Gasteiger partial charge < -0.3 is 15.6 Å². The third-order valence-corrected chi connectivity index (χ3v) is 2.81. The van der Waals surface area contributed by atoms with Crippen molar-refractivity contribution in [2.24, 2.45) is 5.73 Å². The van der Waals surface area contributed by atoms with Crippen molar-refractivity contribution in [1.29, 1.82) is 0 Å². The summed E-state index contributed by atoms with van der Waals surface area (Å²) in [6, 6.07) is 5.63. The van der Waals surface area contributed by atoms with Crippen LogP contribution in [0.5, 0.6) is 0 Å². The lowest BCUT2D eigenvalue weighted by Crippen LogP contribution is -2.03. The van der Waals surface area contributed by atoms with Gasteiger partial charge in [-0.3, -0.25) is 4.79 Å². The van der Waals surface area contributed by atoms with E-state index in [0.29, 0.717) is 31.1 Å². The Morgan fingerprint density at radius 1 is 1.44 bits per heavy atom. The summed E-state index contributed by atoms with van der Waals surface area (Å²) in [5.74, 6) is 1.07. The smallest absolute Gasteiger partial charge is 0.228 e. The lowest BCUT2D eigenvalue weighted by Gasteiger charge is -1.99. The highest BCUT2D eigenvalue weighted by Gasteiger charge is 2.19. The Hall–Kier alpha value is -2.21.